The zero-order chi connectivity index (χ0) is 20.1. The number of nitrogens with zero attached hydrogens (tertiary/aromatic N) is 3. The van der Waals surface area contributed by atoms with Crippen molar-refractivity contribution in [2.75, 3.05) is 0 Å². The highest BCUT2D eigenvalue weighted by Crippen LogP contribution is 2.38. The molecule has 0 saturated carbocycles. The van der Waals surface area contributed by atoms with Crippen molar-refractivity contribution in [1.82, 2.24) is 15.2 Å². The van der Waals surface area contributed by atoms with Gasteiger partial charge in [-0.25, -0.2) is 4.98 Å². The normalized spacial score (nSPS) is 12.6. The predicted molar refractivity (Wildman–Crippen MR) is 82.9 cm³/mol. The summed E-state index contributed by atoms with van der Waals surface area (Å²) in [4.78, 5) is 15.2. The Morgan fingerprint density at radius 2 is 1.74 bits per heavy atom. The van der Waals surface area contributed by atoms with Gasteiger partial charge in [0.1, 0.15) is 5.69 Å². The van der Waals surface area contributed by atoms with Crippen LogP contribution >= 0.6 is 15.9 Å². The molecule has 0 aliphatic heterocycles. The first kappa shape index (κ1) is 19.3. The summed E-state index contributed by atoms with van der Waals surface area (Å²) in [5, 5.41) is 6.85. The molecule has 0 spiro atoms. The van der Waals surface area contributed by atoms with Gasteiger partial charge in [0.2, 0.25) is 0 Å². The van der Waals surface area contributed by atoms with E-state index in [0.717, 1.165) is 6.07 Å². The Hall–Kier alpha value is -2.50. The summed E-state index contributed by atoms with van der Waals surface area (Å²) in [5.74, 6) is -2.56. The van der Waals surface area contributed by atoms with Crippen LogP contribution in [0.4, 0.5) is 26.3 Å². The first-order chi connectivity index (χ1) is 12.4. The van der Waals surface area contributed by atoms with E-state index in [1.165, 1.54) is 13.0 Å². The van der Waals surface area contributed by atoms with Gasteiger partial charge in [0, 0.05) is 26.9 Å². The SMILES string of the molecule is Cc1cc(-c2nnc(Br)o2)nc2c(C(F)(F)F)cc(C(=O)C(F)(F)F)cc12. The third-order valence-corrected chi connectivity index (χ3v) is 3.89. The Kier molecular flexibility index (Phi) is 4.49. The smallest absolute Gasteiger partial charge is 0.409 e. The number of ketones is 1. The van der Waals surface area contributed by atoms with Gasteiger partial charge in [0.05, 0.1) is 11.1 Å². The Labute approximate surface area is 154 Å². The van der Waals surface area contributed by atoms with E-state index in [-0.39, 0.29) is 33.4 Å². The van der Waals surface area contributed by atoms with Gasteiger partial charge in [-0.05, 0) is 30.7 Å². The molecule has 0 fully saturated rings. The monoisotopic (exact) mass is 453 g/mol. The number of hydrogen-bond acceptors (Lipinski definition) is 5. The molecule has 0 atom stereocenters. The average Bonchev–Trinajstić information content (AvgIpc) is 2.98. The maximum absolute atomic E-state index is 13.4. The molecule has 27 heavy (non-hydrogen) atoms. The third-order valence-electron chi connectivity index (χ3n) is 3.56. The van der Waals surface area contributed by atoms with Crippen molar-refractivity contribution in [2.45, 2.75) is 19.3 Å². The summed E-state index contributed by atoms with van der Waals surface area (Å²) in [6.45, 7) is 1.36. The molecule has 0 aliphatic carbocycles. The number of Topliss-reactive ketones (excluding diaryl/α,β-unsaturated/α-hetero) is 1. The van der Waals surface area contributed by atoms with Gasteiger partial charge in [0.15, 0.2) is 0 Å². The summed E-state index contributed by atoms with van der Waals surface area (Å²) in [6, 6.07) is 2.14. The highest BCUT2D eigenvalue weighted by Gasteiger charge is 2.42. The molecule has 2 heterocycles. The second-order valence-corrected chi connectivity index (χ2v) is 6.11. The number of pyridine rings is 1. The van der Waals surface area contributed by atoms with Crippen molar-refractivity contribution in [3.05, 3.63) is 39.7 Å². The summed E-state index contributed by atoms with van der Waals surface area (Å²) >= 11 is 2.90. The Morgan fingerprint density at radius 3 is 2.26 bits per heavy atom. The van der Waals surface area contributed by atoms with E-state index in [1.54, 1.807) is 0 Å². The van der Waals surface area contributed by atoms with Crippen LogP contribution in [0.2, 0.25) is 0 Å². The maximum Gasteiger partial charge on any atom is 0.454 e. The average molecular weight is 454 g/mol. The third kappa shape index (κ3) is 3.66. The number of hydrogen-bond donors (Lipinski definition) is 0. The van der Waals surface area contributed by atoms with Crippen molar-refractivity contribution in [3.63, 3.8) is 0 Å². The Bertz CT molecular complexity index is 1060. The molecule has 0 N–H and O–H groups in total. The fraction of sp³-hybridized carbons (Fsp3) is 0.200. The molecule has 0 radical (unpaired) electrons. The number of carbonyl (C=O) groups is 1. The molecule has 2 aromatic heterocycles. The van der Waals surface area contributed by atoms with Gasteiger partial charge in [-0.1, -0.05) is 0 Å². The lowest BCUT2D eigenvalue weighted by Crippen LogP contribution is -2.23. The van der Waals surface area contributed by atoms with Crippen LogP contribution in [0.1, 0.15) is 21.5 Å². The van der Waals surface area contributed by atoms with Crippen molar-refractivity contribution < 1.29 is 35.6 Å². The Balaban J connectivity index is 2.33. The van der Waals surface area contributed by atoms with Gasteiger partial charge in [-0.15, -0.1) is 10.2 Å². The first-order valence-corrected chi connectivity index (χ1v) is 7.80. The number of halogens is 7. The minimum Gasteiger partial charge on any atom is -0.409 e. The quantitative estimate of drug-likeness (QED) is 0.397. The van der Waals surface area contributed by atoms with E-state index in [2.05, 4.69) is 31.1 Å². The fourth-order valence-electron chi connectivity index (χ4n) is 2.42. The summed E-state index contributed by atoms with van der Waals surface area (Å²) in [5.41, 5.74) is -3.19. The number of fused-ring (bicyclic) bond motifs is 1. The zero-order valence-electron chi connectivity index (χ0n) is 13.0. The van der Waals surface area contributed by atoms with E-state index < -0.39 is 34.8 Å². The van der Waals surface area contributed by atoms with Gasteiger partial charge in [0.25, 0.3) is 16.5 Å². The number of rotatable bonds is 2. The van der Waals surface area contributed by atoms with Crippen LogP contribution in [-0.4, -0.2) is 27.1 Å². The molecule has 142 valence electrons. The second-order valence-electron chi connectivity index (χ2n) is 5.43. The molecular formula is C15H6BrF6N3O2. The van der Waals surface area contributed by atoms with Crippen molar-refractivity contribution >= 4 is 32.6 Å². The van der Waals surface area contributed by atoms with Gasteiger partial charge >= 0.3 is 12.4 Å². The molecule has 5 nitrogen and oxygen atoms in total. The maximum atomic E-state index is 13.4. The lowest BCUT2D eigenvalue weighted by molar-refractivity contribution is -0.136. The van der Waals surface area contributed by atoms with E-state index in [0.29, 0.717) is 0 Å². The van der Waals surface area contributed by atoms with Crippen molar-refractivity contribution in [3.8, 4) is 11.6 Å². The van der Waals surface area contributed by atoms with Crippen molar-refractivity contribution in [2.24, 2.45) is 0 Å². The summed E-state index contributed by atoms with van der Waals surface area (Å²) in [6.07, 6.45) is -10.4. The van der Waals surface area contributed by atoms with Crippen LogP contribution in [0, 0.1) is 6.92 Å². The number of aryl methyl sites for hydroxylation is 1. The number of alkyl halides is 6. The van der Waals surface area contributed by atoms with Crippen LogP contribution in [0.5, 0.6) is 0 Å². The molecular weight excluding hydrogens is 448 g/mol. The van der Waals surface area contributed by atoms with E-state index in [9.17, 15) is 31.1 Å². The lowest BCUT2D eigenvalue weighted by atomic mass is 9.98. The van der Waals surface area contributed by atoms with Crippen LogP contribution in [0.25, 0.3) is 22.5 Å². The number of benzene rings is 1. The number of carbonyl (C=O) groups excluding carboxylic acids is 1. The molecule has 3 aromatic rings. The van der Waals surface area contributed by atoms with Crippen LogP contribution in [0.15, 0.2) is 27.4 Å². The molecule has 0 bridgehead atoms. The molecule has 12 heteroatoms. The van der Waals surface area contributed by atoms with Crippen LogP contribution < -0.4 is 0 Å². The van der Waals surface area contributed by atoms with Gasteiger partial charge < -0.3 is 4.42 Å². The minimum atomic E-state index is -5.31. The molecule has 1 aromatic carbocycles. The topological polar surface area (TPSA) is 68.9 Å². The van der Waals surface area contributed by atoms with Gasteiger partial charge in [-0.3, -0.25) is 4.79 Å². The van der Waals surface area contributed by atoms with Gasteiger partial charge in [-0.2, -0.15) is 26.3 Å². The van der Waals surface area contributed by atoms with E-state index in [4.69, 9.17) is 4.42 Å². The first-order valence-electron chi connectivity index (χ1n) is 7.01. The molecule has 3 rings (SSSR count). The molecule has 0 aliphatic rings. The highest BCUT2D eigenvalue weighted by molar-refractivity contribution is 9.10. The van der Waals surface area contributed by atoms with E-state index in [1.807, 2.05) is 0 Å². The predicted octanol–water partition coefficient (Wildman–Crippen LogP) is 5.12. The summed E-state index contributed by atoms with van der Waals surface area (Å²) in [7, 11) is 0. The fourth-order valence-corrected chi connectivity index (χ4v) is 2.65. The minimum absolute atomic E-state index is 0.0285. The molecule has 0 amide bonds. The van der Waals surface area contributed by atoms with E-state index >= 15 is 0 Å². The standard InChI is InChI=1S/C15H6BrF6N3O2/c1-5-2-9(12-24-25-13(16)27-12)23-10-7(5)3-6(11(26)15(20,21)22)4-8(10)14(17,18)19/h2-4H,1H3. The second kappa shape index (κ2) is 6.29. The molecule has 0 unspecified atom stereocenters. The van der Waals surface area contributed by atoms with Crippen LogP contribution in [-0.2, 0) is 6.18 Å². The molecule has 0 saturated heterocycles. The zero-order valence-corrected chi connectivity index (χ0v) is 14.6. The highest BCUT2D eigenvalue weighted by atomic mass is 79.9. The Morgan fingerprint density at radius 1 is 1.07 bits per heavy atom. The largest absolute Gasteiger partial charge is 0.454 e. The number of aromatic nitrogens is 3. The lowest BCUT2D eigenvalue weighted by Gasteiger charge is -2.15. The van der Waals surface area contributed by atoms with Crippen LogP contribution in [0.3, 0.4) is 0 Å². The van der Waals surface area contributed by atoms with Crippen molar-refractivity contribution in [1.29, 1.82) is 0 Å². The summed E-state index contributed by atoms with van der Waals surface area (Å²) < 4.78 is 83.4.